The molecule has 1 aromatic heterocycles. The highest BCUT2D eigenvalue weighted by atomic mass is 27.0. The molecule has 0 spiro atoms. The molecule has 1 heterocycles. The van der Waals surface area contributed by atoms with E-state index in [0.29, 0.717) is 0 Å². The molecule has 14 heavy (non-hydrogen) atoms. The van der Waals surface area contributed by atoms with Crippen LogP contribution in [0, 0.1) is 0 Å². The summed E-state index contributed by atoms with van der Waals surface area (Å²) < 4.78 is 0.237. The minimum atomic E-state index is 0.0828. The van der Waals surface area contributed by atoms with E-state index in [4.69, 9.17) is 0 Å². The molecule has 0 saturated carbocycles. The van der Waals surface area contributed by atoms with E-state index in [9.17, 15) is 0 Å². The van der Waals surface area contributed by atoms with Crippen molar-refractivity contribution in [3.05, 3.63) is 24.3 Å². The molecule has 0 aliphatic rings. The number of rotatable bonds is 3. The van der Waals surface area contributed by atoms with Crippen molar-refractivity contribution < 1.29 is 0 Å². The molecule has 0 N–H and O–H groups in total. The number of hydrogen-bond acceptors (Lipinski definition) is 2. The molecule has 3 heteroatoms. The van der Waals surface area contributed by atoms with Crippen LogP contribution in [-0.4, -0.2) is 26.3 Å². The van der Waals surface area contributed by atoms with E-state index in [0.717, 1.165) is 12.1 Å². The van der Waals surface area contributed by atoms with Crippen LogP contribution in [0.1, 0.15) is 39.8 Å². The Morgan fingerprint density at radius 2 is 1.86 bits per heavy atom. The molecule has 0 saturated heterocycles. The normalized spacial score (nSPS) is 12.9. The average molecular weight is 204 g/mol. The Labute approximate surface area is 94.6 Å². The highest BCUT2D eigenvalue weighted by molar-refractivity contribution is 6.14. The van der Waals surface area contributed by atoms with Gasteiger partial charge in [0.25, 0.3) is 0 Å². The summed E-state index contributed by atoms with van der Waals surface area (Å²) in [7, 11) is 0. The van der Waals surface area contributed by atoms with Crippen molar-refractivity contribution in [1.29, 1.82) is 0 Å². The first kappa shape index (κ1) is 11.7. The van der Waals surface area contributed by atoms with Crippen molar-refractivity contribution in [3.63, 3.8) is 0 Å². The minimum Gasteiger partial charge on any atom is -0.261 e. The quantitative estimate of drug-likeness (QED) is 0.707. The molecule has 1 rings (SSSR count). The first-order chi connectivity index (χ1) is 6.31. The van der Waals surface area contributed by atoms with E-state index < -0.39 is 0 Å². The van der Waals surface area contributed by atoms with Gasteiger partial charge in [-0.3, -0.25) is 9.97 Å². The van der Waals surface area contributed by atoms with Crippen LogP contribution in [0.15, 0.2) is 18.6 Å². The third-order valence-electron chi connectivity index (χ3n) is 2.15. The first-order valence-electron chi connectivity index (χ1n) is 4.87. The van der Waals surface area contributed by atoms with E-state index in [-0.39, 0.29) is 9.69 Å². The monoisotopic (exact) mass is 204 g/mol. The standard InChI is InChI=1S/C11H17N2.Al/c1-9(2)7-11(3,4)10-8-12-5-6-13-10;/h5-6,8H,7H2,1-4H3;. The first-order valence-corrected chi connectivity index (χ1v) is 5.44. The van der Waals surface area contributed by atoms with Crippen molar-refractivity contribution >= 4 is 16.3 Å². The van der Waals surface area contributed by atoms with Crippen LogP contribution in [0.3, 0.4) is 0 Å². The van der Waals surface area contributed by atoms with E-state index in [2.05, 4.69) is 54.0 Å². The molecule has 0 aromatic carbocycles. The predicted octanol–water partition coefficient (Wildman–Crippen LogP) is 2.51. The van der Waals surface area contributed by atoms with Crippen molar-refractivity contribution in [1.82, 2.24) is 9.97 Å². The van der Waals surface area contributed by atoms with Gasteiger partial charge in [0.15, 0.2) is 0 Å². The number of aromatic nitrogens is 2. The van der Waals surface area contributed by atoms with Gasteiger partial charge in [-0.1, -0.05) is 34.1 Å². The summed E-state index contributed by atoms with van der Waals surface area (Å²) >= 11 is 2.88. The molecule has 1 aromatic rings. The maximum Gasteiger partial charge on any atom is 0.128 e. The molecule has 0 bridgehead atoms. The molecular formula is C11H17AlN2. The fourth-order valence-corrected chi connectivity index (χ4v) is 2.39. The molecule has 2 radical (unpaired) electrons. The molecule has 0 aliphatic carbocycles. The van der Waals surface area contributed by atoms with Gasteiger partial charge in [0, 0.05) is 24.0 Å². The van der Waals surface area contributed by atoms with Crippen LogP contribution in [0.5, 0.6) is 0 Å². The lowest BCUT2D eigenvalue weighted by molar-refractivity contribution is 0.402. The Morgan fingerprint density at radius 3 is 2.29 bits per heavy atom. The van der Waals surface area contributed by atoms with E-state index in [1.165, 1.54) is 0 Å². The van der Waals surface area contributed by atoms with E-state index in [1.807, 2.05) is 6.20 Å². The highest BCUT2D eigenvalue weighted by Gasteiger charge is 2.27. The average Bonchev–Trinajstić information content (AvgIpc) is 2.01. The van der Waals surface area contributed by atoms with Crippen LogP contribution >= 0.6 is 0 Å². The Bertz CT molecular complexity index is 288. The molecule has 0 fully saturated rings. The molecular weight excluding hydrogens is 187 g/mol. The smallest absolute Gasteiger partial charge is 0.128 e. The lowest BCUT2D eigenvalue weighted by Gasteiger charge is -2.32. The molecule has 2 nitrogen and oxygen atoms in total. The second-order valence-corrected chi connectivity index (χ2v) is 6.70. The summed E-state index contributed by atoms with van der Waals surface area (Å²) in [6.07, 6.45) is 6.40. The van der Waals surface area contributed by atoms with Gasteiger partial charge in [-0.05, 0) is 0 Å². The largest absolute Gasteiger partial charge is 0.261 e. The molecule has 0 amide bonds. The van der Waals surface area contributed by atoms with Crippen LogP contribution in [-0.2, 0) is 5.41 Å². The Morgan fingerprint density at radius 1 is 1.21 bits per heavy atom. The Kier molecular flexibility index (Phi) is 3.34. The van der Waals surface area contributed by atoms with Crippen molar-refractivity contribution in [3.8, 4) is 0 Å². The summed E-state index contributed by atoms with van der Waals surface area (Å²) in [4.78, 5) is 8.47. The van der Waals surface area contributed by atoms with Crippen LogP contribution in [0.4, 0.5) is 0 Å². The fraction of sp³-hybridized carbons (Fsp3) is 0.636. The topological polar surface area (TPSA) is 25.8 Å². The zero-order chi connectivity index (χ0) is 10.8. The van der Waals surface area contributed by atoms with Gasteiger partial charge >= 0.3 is 0 Å². The van der Waals surface area contributed by atoms with Crippen molar-refractivity contribution in [2.45, 2.75) is 43.8 Å². The van der Waals surface area contributed by atoms with Gasteiger partial charge in [-0.2, -0.15) is 0 Å². The minimum absolute atomic E-state index is 0.0828. The molecule has 0 atom stereocenters. The third kappa shape index (κ3) is 3.40. The third-order valence-corrected chi connectivity index (χ3v) is 2.36. The second kappa shape index (κ2) is 4.00. The number of hydrogen-bond donors (Lipinski definition) is 0. The van der Waals surface area contributed by atoms with E-state index >= 15 is 0 Å². The number of nitrogens with zero attached hydrogens (tertiary/aromatic N) is 2. The lowest BCUT2D eigenvalue weighted by atomic mass is 9.81. The van der Waals surface area contributed by atoms with Gasteiger partial charge in [0.1, 0.15) is 16.3 Å². The predicted molar refractivity (Wildman–Crippen MR) is 59.5 cm³/mol. The zero-order valence-electron chi connectivity index (χ0n) is 9.41. The van der Waals surface area contributed by atoms with Crippen molar-refractivity contribution in [2.75, 3.05) is 0 Å². The van der Waals surface area contributed by atoms with Crippen LogP contribution in [0.25, 0.3) is 0 Å². The zero-order valence-corrected chi connectivity index (χ0v) is 10.6. The van der Waals surface area contributed by atoms with Gasteiger partial charge in [-0.25, -0.2) is 0 Å². The van der Waals surface area contributed by atoms with Gasteiger partial charge in [0.05, 0.1) is 5.69 Å². The fourth-order valence-electron chi connectivity index (χ4n) is 1.88. The van der Waals surface area contributed by atoms with Gasteiger partial charge < -0.3 is 0 Å². The lowest BCUT2D eigenvalue weighted by Crippen LogP contribution is -2.24. The van der Waals surface area contributed by atoms with Crippen LogP contribution < -0.4 is 0 Å². The summed E-state index contributed by atoms with van der Waals surface area (Å²) in [5, 5.41) is 0. The van der Waals surface area contributed by atoms with Crippen molar-refractivity contribution in [2.24, 2.45) is 0 Å². The second-order valence-electron chi connectivity index (χ2n) is 5.14. The van der Waals surface area contributed by atoms with Gasteiger partial charge in [-0.15, -0.1) is 4.28 Å². The molecule has 0 aliphatic heterocycles. The summed E-state index contributed by atoms with van der Waals surface area (Å²) in [6, 6.07) is 0. The Balaban J connectivity index is 2.86. The highest BCUT2D eigenvalue weighted by Crippen LogP contribution is 2.37. The molecule has 74 valence electrons. The summed E-state index contributed by atoms with van der Waals surface area (Å²) in [5.74, 6) is 0. The SMILES string of the molecule is C[C](C)([Al])CC(C)(C)c1cnccn1. The van der Waals surface area contributed by atoms with E-state index in [1.54, 1.807) is 12.4 Å². The maximum absolute atomic E-state index is 4.36. The molecule has 0 unspecified atom stereocenters. The van der Waals surface area contributed by atoms with Gasteiger partial charge in [0.2, 0.25) is 0 Å². The maximum atomic E-state index is 4.36. The summed E-state index contributed by atoms with van der Waals surface area (Å²) in [6.45, 7) is 8.86. The Hall–Kier alpha value is -0.388. The summed E-state index contributed by atoms with van der Waals surface area (Å²) in [5.41, 5.74) is 1.15. The van der Waals surface area contributed by atoms with Crippen LogP contribution in [0.2, 0.25) is 4.28 Å².